The molecule has 1 aromatic heterocycles. The van der Waals surface area contributed by atoms with E-state index in [0.29, 0.717) is 12.4 Å². The average molecular weight is 217 g/mol. The molecule has 16 heavy (non-hydrogen) atoms. The number of aryl methyl sites for hydroxylation is 2. The highest BCUT2D eigenvalue weighted by atomic mass is 16.5. The molecular weight excluding hydrogens is 202 g/mol. The molecule has 0 radical (unpaired) electrons. The molecule has 0 saturated heterocycles. The summed E-state index contributed by atoms with van der Waals surface area (Å²) in [7, 11) is 0. The van der Waals surface area contributed by atoms with E-state index in [2.05, 4.69) is 18.9 Å². The molecule has 0 bridgehead atoms. The Bertz CT molecular complexity index is 491. The lowest BCUT2D eigenvalue weighted by atomic mass is 10.1. The highest BCUT2D eigenvalue weighted by Crippen LogP contribution is 2.16. The number of rotatable bonds is 3. The molecule has 0 amide bonds. The summed E-state index contributed by atoms with van der Waals surface area (Å²) in [5, 5.41) is 4.04. The van der Waals surface area contributed by atoms with E-state index in [4.69, 9.17) is 10.5 Å². The first kappa shape index (κ1) is 10.5. The van der Waals surface area contributed by atoms with Crippen molar-refractivity contribution in [3.63, 3.8) is 0 Å². The second-order valence-electron chi connectivity index (χ2n) is 3.83. The van der Waals surface area contributed by atoms with Crippen LogP contribution in [0.3, 0.4) is 0 Å². The number of hydrogen-bond acceptors (Lipinski definition) is 3. The molecule has 0 aliphatic rings. The zero-order valence-electron chi connectivity index (χ0n) is 9.47. The van der Waals surface area contributed by atoms with Gasteiger partial charge in [0.15, 0.2) is 6.73 Å². The number of ether oxygens (including phenoxy) is 1. The van der Waals surface area contributed by atoms with Gasteiger partial charge in [0.25, 0.3) is 0 Å². The number of nitrogens with two attached hydrogens (primary N) is 1. The highest BCUT2D eigenvalue weighted by Gasteiger charge is 1.98. The van der Waals surface area contributed by atoms with Crippen LogP contribution in [0.4, 0.5) is 5.69 Å². The third-order valence-electron chi connectivity index (χ3n) is 2.50. The molecule has 2 rings (SSSR count). The smallest absolute Gasteiger partial charge is 0.180 e. The number of hydrogen-bond donors (Lipinski definition) is 1. The fourth-order valence-corrected chi connectivity index (χ4v) is 1.39. The van der Waals surface area contributed by atoms with Crippen LogP contribution in [0.5, 0.6) is 5.75 Å². The van der Waals surface area contributed by atoms with Crippen LogP contribution in [0.15, 0.2) is 30.6 Å². The Kier molecular flexibility index (Phi) is 2.81. The van der Waals surface area contributed by atoms with Gasteiger partial charge in [-0.25, -0.2) is 4.68 Å². The predicted molar refractivity (Wildman–Crippen MR) is 63.2 cm³/mol. The molecule has 1 aromatic carbocycles. The molecule has 0 unspecified atom stereocenters. The maximum absolute atomic E-state index is 5.59. The zero-order chi connectivity index (χ0) is 11.5. The number of aromatic nitrogens is 2. The van der Waals surface area contributed by atoms with Crippen molar-refractivity contribution in [2.24, 2.45) is 0 Å². The summed E-state index contributed by atoms with van der Waals surface area (Å²) in [6.07, 6.45) is 3.34. The lowest BCUT2D eigenvalue weighted by molar-refractivity contribution is 0.221. The zero-order valence-corrected chi connectivity index (χ0v) is 9.47. The SMILES string of the molecule is Cc1ccc(OCn2cc(N)cn2)cc1C. The van der Waals surface area contributed by atoms with Crippen molar-refractivity contribution < 1.29 is 4.74 Å². The summed E-state index contributed by atoms with van der Waals surface area (Å²) < 4.78 is 7.24. The van der Waals surface area contributed by atoms with Crippen molar-refractivity contribution in [1.29, 1.82) is 0 Å². The number of nitrogens with zero attached hydrogens (tertiary/aromatic N) is 2. The van der Waals surface area contributed by atoms with Crippen LogP contribution >= 0.6 is 0 Å². The van der Waals surface area contributed by atoms with Crippen LogP contribution in [0, 0.1) is 13.8 Å². The fraction of sp³-hybridized carbons (Fsp3) is 0.250. The Morgan fingerprint density at radius 3 is 2.75 bits per heavy atom. The molecule has 0 saturated carbocycles. The van der Waals surface area contributed by atoms with Gasteiger partial charge in [-0.05, 0) is 37.1 Å². The lowest BCUT2D eigenvalue weighted by Gasteiger charge is -2.08. The van der Waals surface area contributed by atoms with Crippen LogP contribution in [0.2, 0.25) is 0 Å². The Morgan fingerprint density at radius 1 is 1.31 bits per heavy atom. The van der Waals surface area contributed by atoms with Gasteiger partial charge in [0.05, 0.1) is 18.1 Å². The summed E-state index contributed by atoms with van der Waals surface area (Å²) in [6.45, 7) is 4.51. The van der Waals surface area contributed by atoms with Gasteiger partial charge in [-0.3, -0.25) is 0 Å². The third kappa shape index (κ3) is 2.34. The van der Waals surface area contributed by atoms with Gasteiger partial charge >= 0.3 is 0 Å². The largest absolute Gasteiger partial charge is 0.471 e. The monoisotopic (exact) mass is 217 g/mol. The number of anilines is 1. The number of nitrogen functional groups attached to an aromatic ring is 1. The maximum Gasteiger partial charge on any atom is 0.180 e. The van der Waals surface area contributed by atoms with Gasteiger partial charge < -0.3 is 10.5 Å². The molecular formula is C12H15N3O. The van der Waals surface area contributed by atoms with Crippen LogP contribution < -0.4 is 10.5 Å². The van der Waals surface area contributed by atoms with E-state index in [0.717, 1.165) is 5.75 Å². The molecule has 4 heteroatoms. The lowest BCUT2D eigenvalue weighted by Crippen LogP contribution is -2.05. The first-order valence-corrected chi connectivity index (χ1v) is 5.13. The molecule has 1 heterocycles. The Balaban J connectivity index is 2.02. The van der Waals surface area contributed by atoms with Crippen molar-refractivity contribution in [2.75, 3.05) is 5.73 Å². The van der Waals surface area contributed by atoms with Crippen molar-refractivity contribution >= 4 is 5.69 Å². The van der Waals surface area contributed by atoms with Crippen LogP contribution in [-0.2, 0) is 6.73 Å². The molecule has 84 valence electrons. The molecule has 0 atom stereocenters. The minimum atomic E-state index is 0.375. The van der Waals surface area contributed by atoms with E-state index in [1.54, 1.807) is 17.1 Å². The Labute approximate surface area is 94.6 Å². The normalized spacial score (nSPS) is 10.4. The topological polar surface area (TPSA) is 53.1 Å². The van der Waals surface area contributed by atoms with Crippen molar-refractivity contribution in [3.8, 4) is 5.75 Å². The van der Waals surface area contributed by atoms with Gasteiger partial charge in [-0.2, -0.15) is 5.10 Å². The molecule has 0 spiro atoms. The number of benzene rings is 1. The first-order chi connectivity index (χ1) is 7.65. The van der Waals surface area contributed by atoms with E-state index in [-0.39, 0.29) is 0 Å². The second kappa shape index (κ2) is 4.26. The van der Waals surface area contributed by atoms with Crippen molar-refractivity contribution in [3.05, 3.63) is 41.7 Å². The summed E-state index contributed by atoms with van der Waals surface area (Å²) in [5.74, 6) is 0.845. The molecule has 4 nitrogen and oxygen atoms in total. The van der Waals surface area contributed by atoms with Crippen LogP contribution in [0.1, 0.15) is 11.1 Å². The predicted octanol–water partition coefficient (Wildman–Crippen LogP) is 2.12. The van der Waals surface area contributed by atoms with Gasteiger partial charge in [-0.1, -0.05) is 6.07 Å². The average Bonchev–Trinajstić information content (AvgIpc) is 2.66. The second-order valence-corrected chi connectivity index (χ2v) is 3.83. The first-order valence-electron chi connectivity index (χ1n) is 5.13. The van der Waals surface area contributed by atoms with E-state index in [1.165, 1.54) is 11.1 Å². The quantitative estimate of drug-likeness (QED) is 0.856. The van der Waals surface area contributed by atoms with Crippen LogP contribution in [-0.4, -0.2) is 9.78 Å². The van der Waals surface area contributed by atoms with E-state index >= 15 is 0 Å². The highest BCUT2D eigenvalue weighted by molar-refractivity contribution is 5.34. The van der Waals surface area contributed by atoms with Gasteiger partial charge in [0.2, 0.25) is 0 Å². The standard InChI is InChI=1S/C12H15N3O/c1-9-3-4-12(5-10(9)2)16-8-15-7-11(13)6-14-15/h3-7H,8,13H2,1-2H3. The summed E-state index contributed by atoms with van der Waals surface area (Å²) in [4.78, 5) is 0. The molecule has 2 N–H and O–H groups in total. The third-order valence-corrected chi connectivity index (χ3v) is 2.50. The Hall–Kier alpha value is -1.97. The van der Waals surface area contributed by atoms with E-state index < -0.39 is 0 Å². The van der Waals surface area contributed by atoms with Gasteiger partial charge in [0, 0.05) is 0 Å². The van der Waals surface area contributed by atoms with Crippen molar-refractivity contribution in [2.45, 2.75) is 20.6 Å². The van der Waals surface area contributed by atoms with Crippen LogP contribution in [0.25, 0.3) is 0 Å². The van der Waals surface area contributed by atoms with Gasteiger partial charge in [-0.15, -0.1) is 0 Å². The molecule has 0 aliphatic heterocycles. The van der Waals surface area contributed by atoms with E-state index in [1.807, 2.05) is 18.2 Å². The molecule has 0 aliphatic carbocycles. The summed E-state index contributed by atoms with van der Waals surface area (Å²) in [6, 6.07) is 6.01. The van der Waals surface area contributed by atoms with Gasteiger partial charge in [0.1, 0.15) is 5.75 Å². The van der Waals surface area contributed by atoms with E-state index in [9.17, 15) is 0 Å². The molecule has 2 aromatic rings. The molecule has 0 fully saturated rings. The fourth-order valence-electron chi connectivity index (χ4n) is 1.39. The van der Waals surface area contributed by atoms with Crippen molar-refractivity contribution in [1.82, 2.24) is 9.78 Å². The summed E-state index contributed by atoms with van der Waals surface area (Å²) >= 11 is 0. The summed E-state index contributed by atoms with van der Waals surface area (Å²) in [5.41, 5.74) is 8.67. The maximum atomic E-state index is 5.59. The minimum absolute atomic E-state index is 0.375. The Morgan fingerprint density at radius 2 is 2.12 bits per heavy atom. The minimum Gasteiger partial charge on any atom is -0.471 e.